The normalized spacial score (nSPS) is 16.3. The number of aromatic nitrogens is 2. The van der Waals surface area contributed by atoms with Crippen LogP contribution in [0.25, 0.3) is 10.8 Å². The summed E-state index contributed by atoms with van der Waals surface area (Å²) in [5.41, 5.74) is 2.71. The van der Waals surface area contributed by atoms with Crippen LogP contribution >= 0.6 is 0 Å². The van der Waals surface area contributed by atoms with E-state index in [4.69, 9.17) is 5.11 Å². The molecule has 1 aromatic heterocycles. The van der Waals surface area contributed by atoms with Crippen LogP contribution in [0, 0.1) is 13.8 Å². The number of aryl methyl sites for hydroxylation is 1. The summed E-state index contributed by atoms with van der Waals surface area (Å²) in [6.45, 7) is 7.91. The summed E-state index contributed by atoms with van der Waals surface area (Å²) in [5.74, 6) is -2.78. The number of hydrogen-bond acceptors (Lipinski definition) is 5. The van der Waals surface area contributed by atoms with Gasteiger partial charge in [-0.25, -0.2) is 0 Å². The van der Waals surface area contributed by atoms with Crippen molar-refractivity contribution < 1.29 is 18.7 Å². The number of benzene rings is 2. The van der Waals surface area contributed by atoms with E-state index in [1.807, 2.05) is 39.8 Å². The molecule has 2 aromatic carbocycles. The molecule has 3 aromatic rings. The minimum Gasteiger partial charge on any atom is -0.390 e. The monoisotopic (exact) mass is 454 g/mol. The summed E-state index contributed by atoms with van der Waals surface area (Å²) in [5, 5.41) is 22.8. The third-order valence-corrected chi connectivity index (χ3v) is 6.74. The molecule has 0 aliphatic carbocycles. The zero-order valence-corrected chi connectivity index (χ0v) is 19.6. The Morgan fingerprint density at radius 3 is 2.55 bits per heavy atom. The van der Waals surface area contributed by atoms with E-state index in [-0.39, 0.29) is 17.5 Å². The number of hydrogen-bond donors (Lipinski definition) is 2. The number of carbonyl (C=O) groups excluding carboxylic acids is 1. The molecule has 0 radical (unpaired) electrons. The van der Waals surface area contributed by atoms with Crippen LogP contribution in [0.1, 0.15) is 54.8 Å². The van der Waals surface area contributed by atoms with Crippen molar-refractivity contribution in [2.45, 2.75) is 52.0 Å². The van der Waals surface area contributed by atoms with Crippen molar-refractivity contribution in [3.63, 3.8) is 0 Å². The summed E-state index contributed by atoms with van der Waals surface area (Å²) >= 11 is 0. The van der Waals surface area contributed by atoms with Gasteiger partial charge >= 0.3 is 0 Å². The fraction of sp³-hybridized carbons (Fsp3) is 0.400. The second-order valence-electron chi connectivity index (χ2n) is 9.29. The largest absolute Gasteiger partial charge is 0.390 e. The van der Waals surface area contributed by atoms with E-state index in [0.29, 0.717) is 16.9 Å². The average Bonchev–Trinajstić information content (AvgIpc) is 2.94. The first-order chi connectivity index (χ1) is 15.4. The van der Waals surface area contributed by atoms with Crippen molar-refractivity contribution in [3.8, 4) is 0 Å². The highest BCUT2D eigenvalue weighted by atomic mass is 19.3. The van der Waals surface area contributed by atoms with Gasteiger partial charge in [-0.05, 0) is 63.4 Å². The summed E-state index contributed by atoms with van der Waals surface area (Å²) in [4.78, 5) is 14.4. The number of carbonyl (C=O) groups is 1. The number of aliphatic hydroxyl groups is 1. The lowest BCUT2D eigenvalue weighted by atomic mass is 9.85. The molecule has 4 rings (SSSR count). The molecule has 1 aliphatic rings. The van der Waals surface area contributed by atoms with Gasteiger partial charge < -0.3 is 15.3 Å². The zero-order valence-electron chi connectivity index (χ0n) is 19.6. The maximum atomic E-state index is 14.2. The highest BCUT2D eigenvalue weighted by molar-refractivity contribution is 6.10. The first kappa shape index (κ1) is 23.0. The Hall–Kier alpha value is -3.13. The minimum atomic E-state index is -3.32. The molecule has 2 heterocycles. The number of nitrogens with one attached hydrogen (secondary N) is 1. The second-order valence-corrected chi connectivity index (χ2v) is 9.29. The van der Waals surface area contributed by atoms with Crippen molar-refractivity contribution >= 4 is 28.2 Å². The van der Waals surface area contributed by atoms with E-state index in [9.17, 15) is 13.6 Å². The summed E-state index contributed by atoms with van der Waals surface area (Å²) < 4.78 is 28.4. The number of anilines is 2. The second kappa shape index (κ2) is 7.73. The molecule has 0 fully saturated rings. The van der Waals surface area contributed by atoms with Gasteiger partial charge in [0.2, 0.25) is 5.91 Å². The quantitative estimate of drug-likeness (QED) is 0.581. The predicted octanol–water partition coefficient (Wildman–Crippen LogP) is 4.76. The topological polar surface area (TPSA) is 78.4 Å². The summed E-state index contributed by atoms with van der Waals surface area (Å²) in [7, 11) is 1.77. The standard InChI is InChI=1S/C25H28F2N4O2/c1-13-16(8-7-9-19(13)25(26,27)12-32)14(2)28-22-18-10-20-21(11-17(18)15(3)29-30-22)31(6)23(33)24(20,4)5/h7-11,14,32H,12H2,1-6H3,(H,28,30)/t14-/m1/s1. The van der Waals surface area contributed by atoms with E-state index in [2.05, 4.69) is 15.5 Å². The Balaban J connectivity index is 1.80. The third kappa shape index (κ3) is 3.53. The lowest BCUT2D eigenvalue weighted by molar-refractivity contribution is -0.121. The van der Waals surface area contributed by atoms with Crippen LogP contribution in [0.15, 0.2) is 30.3 Å². The van der Waals surface area contributed by atoms with E-state index >= 15 is 0 Å². The molecule has 6 nitrogen and oxygen atoms in total. The van der Waals surface area contributed by atoms with Crippen molar-refractivity contribution in [1.82, 2.24) is 10.2 Å². The lowest BCUT2D eigenvalue weighted by Crippen LogP contribution is -2.33. The summed E-state index contributed by atoms with van der Waals surface area (Å²) in [6.07, 6.45) is 0. The smallest absolute Gasteiger partial charge is 0.296 e. The van der Waals surface area contributed by atoms with Gasteiger partial charge in [-0.1, -0.05) is 18.2 Å². The highest BCUT2D eigenvalue weighted by Gasteiger charge is 2.42. The Bertz CT molecular complexity index is 1270. The molecule has 33 heavy (non-hydrogen) atoms. The number of halogens is 2. The third-order valence-electron chi connectivity index (χ3n) is 6.74. The van der Waals surface area contributed by atoms with Crippen molar-refractivity contribution in [1.29, 1.82) is 0 Å². The number of nitrogens with zero attached hydrogens (tertiary/aromatic N) is 3. The van der Waals surface area contributed by atoms with Gasteiger partial charge in [0, 0.05) is 29.1 Å². The number of alkyl halides is 2. The van der Waals surface area contributed by atoms with Gasteiger partial charge in [0.15, 0.2) is 5.82 Å². The first-order valence-corrected chi connectivity index (χ1v) is 10.8. The van der Waals surface area contributed by atoms with Gasteiger partial charge in [-0.15, -0.1) is 5.10 Å². The number of fused-ring (bicyclic) bond motifs is 2. The molecule has 1 amide bonds. The molecule has 0 unspecified atom stereocenters. The molecule has 1 atom stereocenters. The Morgan fingerprint density at radius 1 is 1.18 bits per heavy atom. The molecule has 1 aliphatic heterocycles. The van der Waals surface area contributed by atoms with Crippen LogP contribution in [0.2, 0.25) is 0 Å². The first-order valence-electron chi connectivity index (χ1n) is 10.8. The molecular weight excluding hydrogens is 426 g/mol. The maximum Gasteiger partial charge on any atom is 0.296 e. The van der Waals surface area contributed by atoms with Crippen LogP contribution < -0.4 is 10.2 Å². The van der Waals surface area contributed by atoms with Gasteiger partial charge in [-0.3, -0.25) is 4.79 Å². The van der Waals surface area contributed by atoms with Gasteiger partial charge in [-0.2, -0.15) is 13.9 Å². The van der Waals surface area contributed by atoms with Gasteiger partial charge in [0.25, 0.3) is 5.92 Å². The van der Waals surface area contributed by atoms with Crippen LogP contribution in [0.4, 0.5) is 20.3 Å². The van der Waals surface area contributed by atoms with Gasteiger partial charge in [0.05, 0.1) is 17.2 Å². The number of amides is 1. The van der Waals surface area contributed by atoms with E-state index in [0.717, 1.165) is 27.7 Å². The zero-order chi connectivity index (χ0) is 24.3. The molecule has 2 N–H and O–H groups in total. The SMILES string of the molecule is Cc1c([C@@H](C)Nc2nnc(C)c3cc4c(cc23)C(C)(C)C(=O)N4C)cccc1C(F)(F)CO. The summed E-state index contributed by atoms with van der Waals surface area (Å²) in [6, 6.07) is 8.26. The predicted molar refractivity (Wildman–Crippen MR) is 125 cm³/mol. The van der Waals surface area contributed by atoms with Crippen LogP contribution in [0.5, 0.6) is 0 Å². The number of rotatable bonds is 5. The molecule has 8 heteroatoms. The molecule has 174 valence electrons. The fourth-order valence-corrected chi connectivity index (χ4v) is 4.73. The van der Waals surface area contributed by atoms with E-state index in [1.165, 1.54) is 6.07 Å². The molecular formula is C25H28F2N4O2. The van der Waals surface area contributed by atoms with Crippen molar-refractivity contribution in [2.75, 3.05) is 23.9 Å². The van der Waals surface area contributed by atoms with E-state index in [1.54, 1.807) is 31.0 Å². The molecule has 0 bridgehead atoms. The minimum absolute atomic E-state index is 0.0199. The number of aliphatic hydroxyl groups excluding tert-OH is 1. The fourth-order valence-electron chi connectivity index (χ4n) is 4.73. The number of likely N-dealkylation sites (N-methyl/N-ethyl adjacent to an activating group) is 1. The Morgan fingerprint density at radius 2 is 1.88 bits per heavy atom. The highest BCUT2D eigenvalue weighted by Crippen LogP contribution is 2.44. The Labute approximate surface area is 191 Å². The van der Waals surface area contributed by atoms with Crippen molar-refractivity contribution in [3.05, 3.63) is 58.3 Å². The van der Waals surface area contributed by atoms with Crippen LogP contribution in [-0.2, 0) is 16.1 Å². The lowest BCUT2D eigenvalue weighted by Gasteiger charge is -2.23. The Kier molecular flexibility index (Phi) is 5.40. The van der Waals surface area contributed by atoms with Gasteiger partial charge in [0.1, 0.15) is 6.61 Å². The van der Waals surface area contributed by atoms with Crippen LogP contribution in [-0.4, -0.2) is 34.9 Å². The van der Waals surface area contributed by atoms with E-state index < -0.39 is 17.9 Å². The maximum absolute atomic E-state index is 14.2. The average molecular weight is 455 g/mol. The molecule has 0 saturated carbocycles. The molecule has 0 spiro atoms. The van der Waals surface area contributed by atoms with Crippen LogP contribution in [0.3, 0.4) is 0 Å². The van der Waals surface area contributed by atoms with Crippen molar-refractivity contribution in [2.24, 2.45) is 0 Å². The molecule has 0 saturated heterocycles.